The summed E-state index contributed by atoms with van der Waals surface area (Å²) < 4.78 is 0. The monoisotopic (exact) mass is 165 g/mol. The molecule has 0 amide bonds. The third-order valence-corrected chi connectivity index (χ3v) is 2.49. The van der Waals surface area contributed by atoms with Crippen molar-refractivity contribution in [1.82, 2.24) is 4.90 Å². The van der Waals surface area contributed by atoms with Crippen molar-refractivity contribution in [3.8, 4) is 0 Å². The lowest BCUT2D eigenvalue weighted by molar-refractivity contribution is 0.307. The summed E-state index contributed by atoms with van der Waals surface area (Å²) in [6.07, 6.45) is 9.08. The second-order valence-corrected chi connectivity index (χ2v) is 3.23. The molecule has 0 aromatic carbocycles. The number of hydrogen-bond donors (Lipinski definition) is 0. The van der Waals surface area contributed by atoms with Gasteiger partial charge in [0.15, 0.2) is 0 Å². The summed E-state index contributed by atoms with van der Waals surface area (Å²) in [5.41, 5.74) is 1.59. The fourth-order valence-electron chi connectivity index (χ4n) is 1.52. The van der Waals surface area contributed by atoms with E-state index in [4.69, 9.17) is 0 Å². The number of hydrogen-bond acceptors (Lipinski definition) is 1. The fourth-order valence-corrected chi connectivity index (χ4v) is 1.52. The lowest BCUT2D eigenvalue weighted by atomic mass is 10.1. The van der Waals surface area contributed by atoms with Gasteiger partial charge in [0.25, 0.3) is 0 Å². The van der Waals surface area contributed by atoms with Crippen LogP contribution in [0.3, 0.4) is 0 Å². The largest absolute Gasteiger partial charge is 0.304 e. The van der Waals surface area contributed by atoms with Gasteiger partial charge in [-0.15, -0.1) is 0 Å². The quantitative estimate of drug-likeness (QED) is 0.605. The molecule has 0 saturated heterocycles. The third-order valence-electron chi connectivity index (χ3n) is 2.49. The van der Waals surface area contributed by atoms with Gasteiger partial charge in [0.2, 0.25) is 0 Å². The SMILES string of the molecule is CCN(CC)CCC1=CC=CC1. The molecule has 0 radical (unpaired) electrons. The highest BCUT2D eigenvalue weighted by Gasteiger charge is 2.02. The van der Waals surface area contributed by atoms with Crippen LogP contribution in [0, 0.1) is 0 Å². The van der Waals surface area contributed by atoms with Crippen LogP contribution in [0.2, 0.25) is 0 Å². The maximum atomic E-state index is 2.47. The average molecular weight is 165 g/mol. The van der Waals surface area contributed by atoms with Gasteiger partial charge < -0.3 is 4.90 Å². The summed E-state index contributed by atoms with van der Waals surface area (Å²) in [5, 5.41) is 0. The zero-order valence-corrected chi connectivity index (χ0v) is 8.21. The van der Waals surface area contributed by atoms with E-state index in [1.54, 1.807) is 5.57 Å². The Bertz CT molecular complexity index is 175. The van der Waals surface area contributed by atoms with E-state index in [-0.39, 0.29) is 0 Å². The molecule has 0 aromatic rings. The highest BCUT2D eigenvalue weighted by Crippen LogP contribution is 2.14. The van der Waals surface area contributed by atoms with E-state index in [2.05, 4.69) is 37.0 Å². The number of nitrogens with zero attached hydrogens (tertiary/aromatic N) is 1. The van der Waals surface area contributed by atoms with Gasteiger partial charge in [0.1, 0.15) is 0 Å². The van der Waals surface area contributed by atoms with Crippen LogP contribution >= 0.6 is 0 Å². The number of allylic oxidation sites excluding steroid dienone is 3. The molecule has 1 nitrogen and oxygen atoms in total. The molecular weight excluding hydrogens is 146 g/mol. The summed E-state index contributed by atoms with van der Waals surface area (Å²) in [5.74, 6) is 0. The minimum absolute atomic E-state index is 1.18. The molecule has 0 heterocycles. The van der Waals surface area contributed by atoms with Crippen molar-refractivity contribution in [2.75, 3.05) is 19.6 Å². The molecule has 68 valence electrons. The van der Waals surface area contributed by atoms with Crippen LogP contribution in [-0.2, 0) is 0 Å². The standard InChI is InChI=1S/C11H19N/c1-3-12(4-2)10-9-11-7-5-6-8-11/h5-7H,3-4,8-10H2,1-2H3. The Morgan fingerprint density at radius 2 is 2.08 bits per heavy atom. The number of rotatable bonds is 5. The van der Waals surface area contributed by atoms with Crippen LogP contribution in [0.5, 0.6) is 0 Å². The molecule has 1 aliphatic carbocycles. The van der Waals surface area contributed by atoms with E-state index in [0.29, 0.717) is 0 Å². The van der Waals surface area contributed by atoms with Gasteiger partial charge in [-0.1, -0.05) is 37.6 Å². The topological polar surface area (TPSA) is 3.24 Å². The Morgan fingerprint density at radius 3 is 2.58 bits per heavy atom. The van der Waals surface area contributed by atoms with Crippen LogP contribution < -0.4 is 0 Å². The zero-order chi connectivity index (χ0) is 8.81. The van der Waals surface area contributed by atoms with Gasteiger partial charge in [-0.2, -0.15) is 0 Å². The van der Waals surface area contributed by atoms with Crippen LogP contribution in [-0.4, -0.2) is 24.5 Å². The minimum atomic E-state index is 1.18. The first kappa shape index (κ1) is 9.53. The molecular formula is C11H19N. The Balaban J connectivity index is 2.16. The second kappa shape index (κ2) is 5.15. The molecule has 0 unspecified atom stereocenters. The van der Waals surface area contributed by atoms with Crippen molar-refractivity contribution < 1.29 is 0 Å². The predicted octanol–water partition coefficient (Wildman–Crippen LogP) is 2.60. The molecule has 0 aliphatic heterocycles. The molecule has 0 spiro atoms. The van der Waals surface area contributed by atoms with Gasteiger partial charge in [-0.05, 0) is 25.9 Å². The van der Waals surface area contributed by atoms with E-state index in [1.807, 2.05) is 0 Å². The Labute approximate surface area is 75.8 Å². The van der Waals surface area contributed by atoms with Crippen molar-refractivity contribution in [2.24, 2.45) is 0 Å². The van der Waals surface area contributed by atoms with Gasteiger partial charge in [-0.25, -0.2) is 0 Å². The lowest BCUT2D eigenvalue weighted by Crippen LogP contribution is -2.24. The lowest BCUT2D eigenvalue weighted by Gasteiger charge is -2.17. The maximum absolute atomic E-state index is 2.47. The predicted molar refractivity (Wildman–Crippen MR) is 54.2 cm³/mol. The minimum Gasteiger partial charge on any atom is -0.304 e. The van der Waals surface area contributed by atoms with E-state index in [0.717, 1.165) is 0 Å². The maximum Gasteiger partial charge on any atom is 0.00186 e. The van der Waals surface area contributed by atoms with Crippen molar-refractivity contribution in [3.63, 3.8) is 0 Å². The van der Waals surface area contributed by atoms with Gasteiger partial charge >= 0.3 is 0 Å². The van der Waals surface area contributed by atoms with Gasteiger partial charge in [0.05, 0.1) is 0 Å². The summed E-state index contributed by atoms with van der Waals surface area (Å²) in [6.45, 7) is 8.03. The first-order valence-corrected chi connectivity index (χ1v) is 4.93. The van der Waals surface area contributed by atoms with E-state index >= 15 is 0 Å². The normalized spacial score (nSPS) is 15.8. The first-order chi connectivity index (χ1) is 5.86. The van der Waals surface area contributed by atoms with E-state index in [9.17, 15) is 0 Å². The van der Waals surface area contributed by atoms with E-state index in [1.165, 1.54) is 32.5 Å². The Morgan fingerprint density at radius 1 is 1.33 bits per heavy atom. The van der Waals surface area contributed by atoms with Crippen LogP contribution in [0.4, 0.5) is 0 Å². The summed E-state index contributed by atoms with van der Waals surface area (Å²) >= 11 is 0. The smallest absolute Gasteiger partial charge is 0.00186 e. The first-order valence-electron chi connectivity index (χ1n) is 4.93. The van der Waals surface area contributed by atoms with Crippen molar-refractivity contribution >= 4 is 0 Å². The van der Waals surface area contributed by atoms with Crippen LogP contribution in [0.1, 0.15) is 26.7 Å². The molecule has 0 atom stereocenters. The van der Waals surface area contributed by atoms with Gasteiger partial charge in [-0.3, -0.25) is 0 Å². The van der Waals surface area contributed by atoms with Crippen molar-refractivity contribution in [2.45, 2.75) is 26.7 Å². The highest BCUT2D eigenvalue weighted by molar-refractivity contribution is 5.22. The molecule has 0 fully saturated rings. The summed E-state index contributed by atoms with van der Waals surface area (Å²) in [7, 11) is 0. The van der Waals surface area contributed by atoms with Crippen LogP contribution in [0.25, 0.3) is 0 Å². The second-order valence-electron chi connectivity index (χ2n) is 3.23. The third kappa shape index (κ3) is 2.82. The molecule has 0 saturated carbocycles. The molecule has 0 N–H and O–H groups in total. The van der Waals surface area contributed by atoms with Crippen molar-refractivity contribution in [1.29, 1.82) is 0 Å². The Hall–Kier alpha value is -0.560. The van der Waals surface area contributed by atoms with Crippen molar-refractivity contribution in [3.05, 3.63) is 23.8 Å². The van der Waals surface area contributed by atoms with Gasteiger partial charge in [0, 0.05) is 6.54 Å². The molecule has 1 rings (SSSR count). The molecule has 0 aromatic heterocycles. The zero-order valence-electron chi connectivity index (χ0n) is 8.21. The molecule has 12 heavy (non-hydrogen) atoms. The van der Waals surface area contributed by atoms with Crippen LogP contribution in [0.15, 0.2) is 23.8 Å². The average Bonchev–Trinajstić information content (AvgIpc) is 2.59. The highest BCUT2D eigenvalue weighted by atomic mass is 15.1. The van der Waals surface area contributed by atoms with E-state index < -0.39 is 0 Å². The summed E-state index contributed by atoms with van der Waals surface area (Å²) in [4.78, 5) is 2.47. The molecule has 0 bridgehead atoms. The molecule has 1 aliphatic rings. The molecule has 1 heteroatoms. The Kier molecular flexibility index (Phi) is 4.09. The summed E-state index contributed by atoms with van der Waals surface area (Å²) in [6, 6.07) is 0. The fraction of sp³-hybridized carbons (Fsp3) is 0.636.